The van der Waals surface area contributed by atoms with Gasteiger partial charge in [-0.2, -0.15) is 0 Å². The first-order valence-corrected chi connectivity index (χ1v) is 6.42. The van der Waals surface area contributed by atoms with Crippen molar-refractivity contribution in [2.24, 2.45) is 11.7 Å². The highest BCUT2D eigenvalue weighted by Crippen LogP contribution is 2.33. The van der Waals surface area contributed by atoms with E-state index in [4.69, 9.17) is 5.73 Å². The monoisotopic (exact) mass is 234 g/mol. The summed E-state index contributed by atoms with van der Waals surface area (Å²) in [6.45, 7) is 6.95. The summed E-state index contributed by atoms with van der Waals surface area (Å²) in [6.07, 6.45) is 2.55. The molecule has 4 nitrogen and oxygen atoms in total. The van der Waals surface area contributed by atoms with E-state index >= 15 is 0 Å². The fraction of sp³-hybridized carbons (Fsp3) is 0.692. The lowest BCUT2D eigenvalue weighted by Crippen LogP contribution is -2.31. The highest BCUT2D eigenvalue weighted by atomic mass is 15.1. The molecule has 0 bridgehead atoms. The van der Waals surface area contributed by atoms with Crippen molar-refractivity contribution in [2.75, 3.05) is 11.9 Å². The maximum Gasteiger partial charge on any atom is 0.223 e. The zero-order chi connectivity index (χ0) is 12.4. The number of aryl methyl sites for hydroxylation is 1. The van der Waals surface area contributed by atoms with Crippen molar-refractivity contribution in [1.82, 2.24) is 9.97 Å². The van der Waals surface area contributed by atoms with Gasteiger partial charge in [-0.1, -0.05) is 13.8 Å². The van der Waals surface area contributed by atoms with Crippen LogP contribution in [0.5, 0.6) is 0 Å². The average molecular weight is 234 g/mol. The van der Waals surface area contributed by atoms with Crippen molar-refractivity contribution in [3.63, 3.8) is 0 Å². The molecule has 1 unspecified atom stereocenters. The molecule has 94 valence electrons. The van der Waals surface area contributed by atoms with Crippen molar-refractivity contribution in [3.05, 3.63) is 17.5 Å². The van der Waals surface area contributed by atoms with E-state index in [9.17, 15) is 0 Å². The smallest absolute Gasteiger partial charge is 0.223 e. The SMILES string of the molecule is Cc1cc(C(C)C)nc(NC(CN)C2CC2)n1. The molecule has 0 saturated heterocycles. The van der Waals surface area contributed by atoms with Crippen molar-refractivity contribution in [3.8, 4) is 0 Å². The maximum absolute atomic E-state index is 5.78. The lowest BCUT2D eigenvalue weighted by atomic mass is 10.1. The molecule has 1 aromatic rings. The zero-order valence-corrected chi connectivity index (χ0v) is 10.9. The predicted octanol–water partition coefficient (Wildman–Crippen LogP) is 2.06. The van der Waals surface area contributed by atoms with E-state index < -0.39 is 0 Å². The van der Waals surface area contributed by atoms with Gasteiger partial charge >= 0.3 is 0 Å². The van der Waals surface area contributed by atoms with Crippen LogP contribution in [0.3, 0.4) is 0 Å². The van der Waals surface area contributed by atoms with Gasteiger partial charge in [0, 0.05) is 24.0 Å². The van der Waals surface area contributed by atoms with Crippen molar-refractivity contribution < 1.29 is 0 Å². The Hall–Kier alpha value is -1.16. The lowest BCUT2D eigenvalue weighted by Gasteiger charge is -2.17. The maximum atomic E-state index is 5.78. The van der Waals surface area contributed by atoms with Crippen molar-refractivity contribution in [1.29, 1.82) is 0 Å². The Morgan fingerprint density at radius 2 is 2.12 bits per heavy atom. The van der Waals surface area contributed by atoms with Gasteiger partial charge in [-0.05, 0) is 37.7 Å². The van der Waals surface area contributed by atoms with Crippen molar-refractivity contribution >= 4 is 5.95 Å². The summed E-state index contributed by atoms with van der Waals surface area (Å²) in [5, 5.41) is 3.38. The summed E-state index contributed by atoms with van der Waals surface area (Å²) in [6, 6.07) is 2.38. The lowest BCUT2D eigenvalue weighted by molar-refractivity contribution is 0.636. The fourth-order valence-corrected chi connectivity index (χ4v) is 1.99. The Bertz CT molecular complexity index is 385. The molecule has 1 atom stereocenters. The Morgan fingerprint density at radius 3 is 2.65 bits per heavy atom. The van der Waals surface area contributed by atoms with Crippen LogP contribution in [0.25, 0.3) is 0 Å². The quantitative estimate of drug-likeness (QED) is 0.818. The van der Waals surface area contributed by atoms with E-state index in [0.717, 1.165) is 17.3 Å². The van der Waals surface area contributed by atoms with Crippen LogP contribution in [0.15, 0.2) is 6.07 Å². The topological polar surface area (TPSA) is 63.8 Å². The summed E-state index contributed by atoms with van der Waals surface area (Å²) in [5.74, 6) is 1.87. The Balaban J connectivity index is 2.13. The number of rotatable bonds is 5. The molecule has 0 aliphatic heterocycles. The summed E-state index contributed by atoms with van der Waals surface area (Å²) < 4.78 is 0. The van der Waals surface area contributed by atoms with Crippen LogP contribution in [0, 0.1) is 12.8 Å². The van der Waals surface area contributed by atoms with Gasteiger partial charge in [0.1, 0.15) is 0 Å². The predicted molar refractivity (Wildman–Crippen MR) is 70.0 cm³/mol. The summed E-state index contributed by atoms with van der Waals surface area (Å²) in [7, 11) is 0. The third kappa shape index (κ3) is 3.16. The van der Waals surface area contributed by atoms with E-state index in [0.29, 0.717) is 24.4 Å². The number of hydrogen-bond donors (Lipinski definition) is 2. The van der Waals surface area contributed by atoms with Gasteiger partial charge in [-0.25, -0.2) is 9.97 Å². The van der Waals surface area contributed by atoms with Crippen LogP contribution < -0.4 is 11.1 Å². The second-order valence-corrected chi connectivity index (χ2v) is 5.24. The zero-order valence-electron chi connectivity index (χ0n) is 10.9. The van der Waals surface area contributed by atoms with Gasteiger partial charge in [-0.3, -0.25) is 0 Å². The van der Waals surface area contributed by atoms with Gasteiger partial charge in [0.15, 0.2) is 0 Å². The van der Waals surface area contributed by atoms with Gasteiger partial charge in [0.25, 0.3) is 0 Å². The molecular formula is C13H22N4. The molecule has 0 radical (unpaired) electrons. The molecule has 1 saturated carbocycles. The fourth-order valence-electron chi connectivity index (χ4n) is 1.99. The number of aromatic nitrogens is 2. The standard InChI is InChI=1S/C13H22N4/c1-8(2)11-6-9(3)15-13(16-11)17-12(7-14)10-4-5-10/h6,8,10,12H,4-5,7,14H2,1-3H3,(H,15,16,17). The van der Waals surface area contributed by atoms with E-state index in [2.05, 4.69) is 29.1 Å². The molecule has 0 amide bonds. The molecule has 1 fully saturated rings. The van der Waals surface area contributed by atoms with Crippen LogP contribution in [0.2, 0.25) is 0 Å². The second-order valence-electron chi connectivity index (χ2n) is 5.24. The minimum Gasteiger partial charge on any atom is -0.350 e. The number of nitrogens with zero attached hydrogens (tertiary/aromatic N) is 2. The van der Waals surface area contributed by atoms with Crippen LogP contribution in [0.1, 0.15) is 44.0 Å². The third-order valence-electron chi connectivity index (χ3n) is 3.23. The summed E-state index contributed by atoms with van der Waals surface area (Å²) in [4.78, 5) is 8.99. The average Bonchev–Trinajstić information content (AvgIpc) is 3.09. The first-order chi connectivity index (χ1) is 8.10. The van der Waals surface area contributed by atoms with E-state index in [1.54, 1.807) is 0 Å². The van der Waals surface area contributed by atoms with Crippen LogP contribution >= 0.6 is 0 Å². The Kier molecular flexibility index (Phi) is 3.62. The van der Waals surface area contributed by atoms with Gasteiger partial charge in [-0.15, -0.1) is 0 Å². The molecular weight excluding hydrogens is 212 g/mol. The molecule has 0 spiro atoms. The first kappa shape index (κ1) is 12.3. The summed E-state index contributed by atoms with van der Waals surface area (Å²) >= 11 is 0. The molecule has 17 heavy (non-hydrogen) atoms. The molecule has 1 aliphatic carbocycles. The van der Waals surface area contributed by atoms with E-state index in [-0.39, 0.29) is 0 Å². The normalized spacial score (nSPS) is 17.2. The molecule has 1 heterocycles. The highest BCUT2D eigenvalue weighted by molar-refractivity contribution is 5.31. The molecule has 0 aromatic carbocycles. The molecule has 1 aromatic heterocycles. The van der Waals surface area contributed by atoms with E-state index in [1.165, 1.54) is 12.8 Å². The molecule has 3 N–H and O–H groups in total. The number of nitrogens with one attached hydrogen (secondary N) is 1. The third-order valence-corrected chi connectivity index (χ3v) is 3.23. The van der Waals surface area contributed by atoms with Gasteiger partial charge < -0.3 is 11.1 Å². The van der Waals surface area contributed by atoms with Gasteiger partial charge in [0.05, 0.1) is 0 Å². The van der Waals surface area contributed by atoms with Crippen LogP contribution in [-0.2, 0) is 0 Å². The van der Waals surface area contributed by atoms with Crippen molar-refractivity contribution in [2.45, 2.75) is 45.6 Å². The van der Waals surface area contributed by atoms with E-state index in [1.807, 2.05) is 13.0 Å². The minimum absolute atomic E-state index is 0.330. The number of hydrogen-bond acceptors (Lipinski definition) is 4. The molecule has 4 heteroatoms. The molecule has 1 aliphatic rings. The number of nitrogens with two attached hydrogens (primary N) is 1. The van der Waals surface area contributed by atoms with Gasteiger partial charge in [0.2, 0.25) is 5.95 Å². The highest BCUT2D eigenvalue weighted by Gasteiger charge is 2.30. The first-order valence-electron chi connectivity index (χ1n) is 6.42. The minimum atomic E-state index is 0.330. The van der Waals surface area contributed by atoms with Crippen LogP contribution in [-0.4, -0.2) is 22.6 Å². The second kappa shape index (κ2) is 5.00. The van der Waals surface area contributed by atoms with Crippen LogP contribution in [0.4, 0.5) is 5.95 Å². The number of anilines is 1. The molecule has 2 rings (SSSR count). The Labute approximate surface area is 103 Å². The Morgan fingerprint density at radius 1 is 1.41 bits per heavy atom. The largest absolute Gasteiger partial charge is 0.350 e. The summed E-state index contributed by atoms with van der Waals surface area (Å²) in [5.41, 5.74) is 7.88.